The van der Waals surface area contributed by atoms with E-state index in [9.17, 15) is 4.79 Å². The van der Waals surface area contributed by atoms with E-state index in [1.54, 1.807) is 6.92 Å². The van der Waals surface area contributed by atoms with Crippen LogP contribution in [-0.2, 0) is 6.42 Å². The molecule has 1 aromatic heterocycles. The summed E-state index contributed by atoms with van der Waals surface area (Å²) in [4.78, 5) is 13.1. The van der Waals surface area contributed by atoms with Crippen molar-refractivity contribution in [2.75, 3.05) is 0 Å². The molecule has 1 aromatic rings. The molecule has 0 bridgehead atoms. The van der Waals surface area contributed by atoms with Crippen molar-refractivity contribution in [2.24, 2.45) is 0 Å². The Kier molecular flexibility index (Phi) is 1.98. The zero-order chi connectivity index (χ0) is 8.43. The molecule has 3 nitrogen and oxygen atoms in total. The standard InChI is InChI=1S/C8H10NO2/c1-3-6-4-9-7(5(6)2)8(10)11/h9H,3H2,1-2H3,(H,10,11). The van der Waals surface area contributed by atoms with Crippen LogP contribution in [0.1, 0.15) is 28.5 Å². The number of carboxylic acid groups (broad SMARTS) is 1. The van der Waals surface area contributed by atoms with E-state index in [0.717, 1.165) is 17.5 Å². The number of aromatic carboxylic acids is 1. The number of carbonyl (C=O) groups is 1. The normalized spacial score (nSPS) is 10.0. The number of carboxylic acids is 1. The van der Waals surface area contributed by atoms with Gasteiger partial charge in [-0.1, -0.05) is 6.92 Å². The average molecular weight is 152 g/mol. The van der Waals surface area contributed by atoms with Gasteiger partial charge in [-0.25, -0.2) is 4.79 Å². The quantitative estimate of drug-likeness (QED) is 0.672. The first-order valence-electron chi connectivity index (χ1n) is 3.49. The van der Waals surface area contributed by atoms with Crippen molar-refractivity contribution in [1.29, 1.82) is 0 Å². The lowest BCUT2D eigenvalue weighted by atomic mass is 10.1. The third-order valence-electron chi connectivity index (χ3n) is 1.73. The minimum absolute atomic E-state index is 0.252. The minimum atomic E-state index is -0.918. The van der Waals surface area contributed by atoms with Crippen molar-refractivity contribution in [3.63, 3.8) is 0 Å². The van der Waals surface area contributed by atoms with Gasteiger partial charge in [-0.05, 0) is 24.5 Å². The number of hydrogen-bond donors (Lipinski definition) is 2. The monoisotopic (exact) mass is 152 g/mol. The van der Waals surface area contributed by atoms with Crippen molar-refractivity contribution < 1.29 is 9.90 Å². The van der Waals surface area contributed by atoms with Gasteiger partial charge in [-0.15, -0.1) is 0 Å². The summed E-state index contributed by atoms with van der Waals surface area (Å²) in [6.07, 6.45) is 3.61. The summed E-state index contributed by atoms with van der Waals surface area (Å²) in [5, 5.41) is 8.62. The number of hydrogen-bond acceptors (Lipinski definition) is 1. The van der Waals surface area contributed by atoms with E-state index in [-0.39, 0.29) is 5.69 Å². The molecule has 0 aliphatic rings. The highest BCUT2D eigenvalue weighted by Gasteiger charge is 2.11. The molecular weight excluding hydrogens is 142 g/mol. The Balaban J connectivity index is 3.10. The van der Waals surface area contributed by atoms with Crippen LogP contribution in [0.15, 0.2) is 0 Å². The first-order valence-corrected chi connectivity index (χ1v) is 3.49. The van der Waals surface area contributed by atoms with E-state index in [1.807, 2.05) is 6.92 Å². The van der Waals surface area contributed by atoms with E-state index in [0.29, 0.717) is 0 Å². The summed E-state index contributed by atoms with van der Waals surface area (Å²) in [7, 11) is 0. The van der Waals surface area contributed by atoms with E-state index in [1.165, 1.54) is 0 Å². The van der Waals surface area contributed by atoms with Crippen LogP contribution in [0.3, 0.4) is 0 Å². The number of aromatic amines is 1. The van der Waals surface area contributed by atoms with Crippen molar-refractivity contribution in [1.82, 2.24) is 4.98 Å². The Morgan fingerprint density at radius 3 is 2.64 bits per heavy atom. The first kappa shape index (κ1) is 7.85. The van der Waals surface area contributed by atoms with Gasteiger partial charge in [0.05, 0.1) is 6.20 Å². The van der Waals surface area contributed by atoms with Crippen LogP contribution < -0.4 is 0 Å². The fourth-order valence-electron chi connectivity index (χ4n) is 1.04. The Morgan fingerprint density at radius 2 is 2.36 bits per heavy atom. The molecule has 0 saturated carbocycles. The predicted octanol–water partition coefficient (Wildman–Crippen LogP) is 1.38. The topological polar surface area (TPSA) is 53.1 Å². The van der Waals surface area contributed by atoms with E-state index in [2.05, 4.69) is 11.2 Å². The summed E-state index contributed by atoms with van der Waals surface area (Å²) in [6.45, 7) is 3.76. The molecule has 0 spiro atoms. The van der Waals surface area contributed by atoms with Gasteiger partial charge in [0, 0.05) is 0 Å². The zero-order valence-electron chi connectivity index (χ0n) is 6.56. The van der Waals surface area contributed by atoms with Crippen LogP contribution >= 0.6 is 0 Å². The van der Waals surface area contributed by atoms with Crippen LogP contribution in [0.5, 0.6) is 0 Å². The van der Waals surface area contributed by atoms with Crippen LogP contribution in [0.25, 0.3) is 0 Å². The molecule has 0 saturated heterocycles. The van der Waals surface area contributed by atoms with E-state index < -0.39 is 5.97 Å². The lowest BCUT2D eigenvalue weighted by Gasteiger charge is -1.92. The molecule has 0 fully saturated rings. The highest BCUT2D eigenvalue weighted by atomic mass is 16.4. The van der Waals surface area contributed by atoms with E-state index in [4.69, 9.17) is 5.11 Å². The molecule has 11 heavy (non-hydrogen) atoms. The number of nitrogens with one attached hydrogen (secondary N) is 1. The molecule has 0 amide bonds. The molecule has 0 unspecified atom stereocenters. The van der Waals surface area contributed by atoms with Crippen molar-refractivity contribution >= 4 is 5.97 Å². The molecule has 1 rings (SSSR count). The minimum Gasteiger partial charge on any atom is -0.477 e. The summed E-state index contributed by atoms with van der Waals surface area (Å²) >= 11 is 0. The van der Waals surface area contributed by atoms with Gasteiger partial charge in [0.2, 0.25) is 0 Å². The van der Waals surface area contributed by atoms with Crippen LogP contribution in [0, 0.1) is 13.1 Å². The highest BCUT2D eigenvalue weighted by molar-refractivity contribution is 5.87. The molecule has 1 heterocycles. The molecule has 0 aliphatic carbocycles. The summed E-state index contributed by atoms with van der Waals surface area (Å²) in [6, 6.07) is 0. The van der Waals surface area contributed by atoms with Gasteiger partial charge in [-0.3, -0.25) is 0 Å². The third kappa shape index (κ3) is 1.27. The smallest absolute Gasteiger partial charge is 0.352 e. The number of aryl methyl sites for hydroxylation is 1. The molecule has 59 valence electrons. The second-order valence-corrected chi connectivity index (χ2v) is 2.39. The molecule has 1 radical (unpaired) electrons. The van der Waals surface area contributed by atoms with Gasteiger partial charge in [-0.2, -0.15) is 0 Å². The Morgan fingerprint density at radius 1 is 1.73 bits per heavy atom. The van der Waals surface area contributed by atoms with Crippen LogP contribution in [-0.4, -0.2) is 16.1 Å². The maximum Gasteiger partial charge on any atom is 0.352 e. The second kappa shape index (κ2) is 2.78. The Hall–Kier alpha value is -1.25. The fourth-order valence-corrected chi connectivity index (χ4v) is 1.04. The van der Waals surface area contributed by atoms with Crippen LogP contribution in [0.4, 0.5) is 0 Å². The van der Waals surface area contributed by atoms with Gasteiger partial charge in [0.25, 0.3) is 0 Å². The fraction of sp³-hybridized carbons (Fsp3) is 0.375. The largest absolute Gasteiger partial charge is 0.477 e. The summed E-state index contributed by atoms with van der Waals surface area (Å²) < 4.78 is 0. The maximum absolute atomic E-state index is 10.5. The SMILES string of the molecule is CCc1[c][nH]c(C(=O)O)c1C. The van der Waals surface area contributed by atoms with Crippen LogP contribution in [0.2, 0.25) is 0 Å². The Labute approximate surface area is 65.1 Å². The van der Waals surface area contributed by atoms with Gasteiger partial charge >= 0.3 is 5.97 Å². The summed E-state index contributed by atoms with van der Waals surface area (Å²) in [5.74, 6) is -0.918. The molecule has 0 atom stereocenters. The van der Waals surface area contributed by atoms with Crippen molar-refractivity contribution in [3.8, 4) is 0 Å². The third-order valence-corrected chi connectivity index (χ3v) is 1.73. The molecule has 0 aromatic carbocycles. The predicted molar refractivity (Wildman–Crippen MR) is 40.7 cm³/mol. The molecular formula is C8H10NO2. The number of aromatic nitrogens is 1. The van der Waals surface area contributed by atoms with E-state index >= 15 is 0 Å². The first-order chi connectivity index (χ1) is 5.16. The highest BCUT2D eigenvalue weighted by Crippen LogP contribution is 2.11. The number of rotatable bonds is 2. The average Bonchev–Trinajstić information content (AvgIpc) is 2.30. The van der Waals surface area contributed by atoms with Gasteiger partial charge < -0.3 is 10.1 Å². The lowest BCUT2D eigenvalue weighted by molar-refractivity contribution is 0.0690. The van der Waals surface area contributed by atoms with Gasteiger partial charge in [0.1, 0.15) is 5.69 Å². The van der Waals surface area contributed by atoms with Crippen molar-refractivity contribution in [2.45, 2.75) is 20.3 Å². The lowest BCUT2D eigenvalue weighted by Crippen LogP contribution is -1.98. The maximum atomic E-state index is 10.5. The molecule has 2 N–H and O–H groups in total. The zero-order valence-corrected chi connectivity index (χ0v) is 6.56. The Bertz CT molecular complexity index is 276. The summed E-state index contributed by atoms with van der Waals surface area (Å²) in [5.41, 5.74) is 1.99. The second-order valence-electron chi connectivity index (χ2n) is 2.39. The van der Waals surface area contributed by atoms with Crippen molar-refractivity contribution in [3.05, 3.63) is 23.0 Å². The molecule has 0 aliphatic heterocycles. The van der Waals surface area contributed by atoms with Gasteiger partial charge in [0.15, 0.2) is 0 Å². The number of H-pyrrole nitrogens is 1. The molecule has 3 heteroatoms.